The monoisotopic (exact) mass is 264 g/mol. The molecule has 2 nitrogen and oxygen atoms in total. The molecule has 0 aliphatic carbocycles. The van der Waals surface area contributed by atoms with Crippen molar-refractivity contribution in [3.05, 3.63) is 35.4 Å². The topological polar surface area (TPSA) is 34.1 Å². The van der Waals surface area contributed by atoms with Gasteiger partial charge in [0.15, 0.2) is 0 Å². The van der Waals surface area contributed by atoms with Crippen LogP contribution >= 0.6 is 11.6 Å². The second kappa shape index (κ2) is 5.31. The zero-order chi connectivity index (χ0) is 13.1. The van der Waals surface area contributed by atoms with Crippen LogP contribution in [0.4, 0.5) is 0 Å². The van der Waals surface area contributed by atoms with Crippen LogP contribution in [0.5, 0.6) is 0 Å². The number of ketones is 1. The van der Waals surface area contributed by atoms with Gasteiger partial charge in [-0.1, -0.05) is 37.8 Å². The summed E-state index contributed by atoms with van der Waals surface area (Å²) in [5, 5.41) is -0.571. The maximum atomic E-state index is 11.8. The first kappa shape index (κ1) is 13.7. The largest absolute Gasteiger partial charge is 0.279 e. The summed E-state index contributed by atoms with van der Waals surface area (Å²) in [5.41, 5.74) is 3.71. The van der Waals surface area contributed by atoms with Gasteiger partial charge in [-0.2, -0.15) is 0 Å². The third kappa shape index (κ3) is 4.56. The van der Waals surface area contributed by atoms with Gasteiger partial charge in [-0.15, -0.1) is 5.54 Å². The van der Waals surface area contributed by atoms with E-state index in [1.807, 2.05) is 0 Å². The fraction of sp³-hybridized carbons (Fsp3) is 0.231. The second-order valence-corrected chi connectivity index (χ2v) is 9.78. The van der Waals surface area contributed by atoms with Crippen LogP contribution in [0.2, 0.25) is 19.6 Å². The minimum absolute atomic E-state index is 0.271. The highest BCUT2D eigenvalue weighted by atomic mass is 35.5. The summed E-state index contributed by atoms with van der Waals surface area (Å²) in [6.07, 6.45) is 0. The van der Waals surface area contributed by atoms with E-state index in [1.54, 1.807) is 18.2 Å². The van der Waals surface area contributed by atoms with Crippen molar-refractivity contribution in [1.29, 1.82) is 0 Å². The van der Waals surface area contributed by atoms with E-state index < -0.39 is 13.3 Å². The molecule has 0 bridgehead atoms. The molecule has 17 heavy (non-hydrogen) atoms. The third-order valence-corrected chi connectivity index (χ3v) is 3.00. The lowest BCUT2D eigenvalue weighted by atomic mass is 10.1. The van der Waals surface area contributed by atoms with Crippen molar-refractivity contribution in [3.63, 3.8) is 0 Å². The first-order valence-electron chi connectivity index (χ1n) is 5.17. The quantitative estimate of drug-likeness (QED) is 0.356. The molecule has 0 unspecified atom stereocenters. The molecule has 1 rings (SSSR count). The number of benzene rings is 1. The van der Waals surface area contributed by atoms with E-state index in [1.165, 1.54) is 6.07 Å². The summed E-state index contributed by atoms with van der Waals surface area (Å²) in [5.74, 6) is 2.35. The number of hydrogen-bond acceptors (Lipinski definition) is 2. The number of carbonyl (C=O) groups is 2. The van der Waals surface area contributed by atoms with Crippen molar-refractivity contribution in [2.45, 2.75) is 19.6 Å². The van der Waals surface area contributed by atoms with Crippen LogP contribution in [-0.4, -0.2) is 19.1 Å². The molecule has 88 valence electrons. The Labute approximate surface area is 107 Å². The number of rotatable bonds is 2. The average Bonchev–Trinajstić information content (AvgIpc) is 2.25. The molecule has 0 aliphatic heterocycles. The molecule has 0 fully saturated rings. The van der Waals surface area contributed by atoms with Gasteiger partial charge < -0.3 is 0 Å². The summed E-state index contributed by atoms with van der Waals surface area (Å²) in [6, 6.07) is 6.29. The van der Waals surface area contributed by atoms with Gasteiger partial charge in [0.25, 0.3) is 5.24 Å². The molecular formula is C13H13ClO2Si. The van der Waals surface area contributed by atoms with Crippen molar-refractivity contribution < 1.29 is 9.59 Å². The molecule has 0 saturated heterocycles. The Hall–Kier alpha value is -1.37. The second-order valence-electron chi connectivity index (χ2n) is 4.68. The molecule has 0 heterocycles. The predicted octanol–water partition coefficient (Wildman–Crippen LogP) is 3.13. The minimum Gasteiger partial charge on any atom is -0.279 e. The van der Waals surface area contributed by atoms with Crippen molar-refractivity contribution in [3.8, 4) is 11.5 Å². The lowest BCUT2D eigenvalue weighted by Crippen LogP contribution is -2.17. The lowest BCUT2D eigenvalue weighted by molar-refractivity contribution is 0.105. The predicted molar refractivity (Wildman–Crippen MR) is 72.1 cm³/mol. The third-order valence-electron chi connectivity index (χ3n) is 1.90. The zero-order valence-corrected chi connectivity index (χ0v) is 11.8. The Morgan fingerprint density at radius 3 is 2.29 bits per heavy atom. The lowest BCUT2D eigenvalue weighted by Gasteiger charge is -2.03. The van der Waals surface area contributed by atoms with Crippen LogP contribution < -0.4 is 0 Å². The Morgan fingerprint density at radius 2 is 1.76 bits per heavy atom. The van der Waals surface area contributed by atoms with Crippen LogP contribution in [0.25, 0.3) is 0 Å². The van der Waals surface area contributed by atoms with Crippen LogP contribution in [0.1, 0.15) is 20.7 Å². The Morgan fingerprint density at radius 1 is 1.18 bits per heavy atom. The van der Waals surface area contributed by atoms with Crippen LogP contribution in [-0.2, 0) is 0 Å². The first-order chi connectivity index (χ1) is 7.79. The average molecular weight is 265 g/mol. The van der Waals surface area contributed by atoms with Crippen molar-refractivity contribution in [2.75, 3.05) is 0 Å². The van der Waals surface area contributed by atoms with E-state index in [9.17, 15) is 9.59 Å². The zero-order valence-electron chi connectivity index (χ0n) is 10.0. The van der Waals surface area contributed by atoms with Crippen LogP contribution in [0.15, 0.2) is 24.3 Å². The van der Waals surface area contributed by atoms with Gasteiger partial charge in [0.1, 0.15) is 8.07 Å². The molecule has 0 aromatic heterocycles. The molecular weight excluding hydrogens is 252 g/mol. The maximum absolute atomic E-state index is 11.8. The Kier molecular flexibility index (Phi) is 4.27. The fourth-order valence-electron chi connectivity index (χ4n) is 1.10. The highest BCUT2D eigenvalue weighted by Crippen LogP contribution is 2.08. The molecule has 1 aromatic carbocycles. The van der Waals surface area contributed by atoms with Crippen molar-refractivity contribution >= 4 is 30.7 Å². The number of hydrogen-bond donors (Lipinski definition) is 0. The van der Waals surface area contributed by atoms with Gasteiger partial charge in [0, 0.05) is 11.1 Å². The summed E-state index contributed by atoms with van der Waals surface area (Å²) in [7, 11) is -1.56. The van der Waals surface area contributed by atoms with E-state index in [0.29, 0.717) is 11.1 Å². The van der Waals surface area contributed by atoms with E-state index >= 15 is 0 Å². The van der Waals surface area contributed by atoms with Gasteiger partial charge in [-0.3, -0.25) is 9.59 Å². The summed E-state index contributed by atoms with van der Waals surface area (Å²) < 4.78 is 0. The van der Waals surface area contributed by atoms with E-state index in [-0.39, 0.29) is 5.78 Å². The molecule has 4 heteroatoms. The normalized spacial score (nSPS) is 10.4. The molecule has 0 saturated carbocycles. The highest BCUT2D eigenvalue weighted by Gasteiger charge is 2.10. The molecule has 0 atom stereocenters. The Balaban J connectivity index is 3.00. The van der Waals surface area contributed by atoms with Crippen molar-refractivity contribution in [1.82, 2.24) is 0 Å². The SMILES string of the molecule is C[Si](C)(C)C#CC(=O)c1cccc(C(=O)Cl)c1. The maximum Gasteiger partial charge on any atom is 0.252 e. The van der Waals surface area contributed by atoms with Crippen LogP contribution in [0.3, 0.4) is 0 Å². The molecule has 0 N–H and O–H groups in total. The summed E-state index contributed by atoms with van der Waals surface area (Å²) in [4.78, 5) is 22.7. The van der Waals surface area contributed by atoms with Gasteiger partial charge in [0.2, 0.25) is 5.78 Å². The molecule has 0 aliphatic rings. The summed E-state index contributed by atoms with van der Waals surface area (Å²) in [6.45, 7) is 6.18. The molecule has 0 spiro atoms. The van der Waals surface area contributed by atoms with Gasteiger partial charge in [0.05, 0.1) is 0 Å². The fourth-order valence-corrected chi connectivity index (χ4v) is 1.71. The highest BCUT2D eigenvalue weighted by molar-refractivity contribution is 6.84. The van der Waals surface area contributed by atoms with E-state index in [4.69, 9.17) is 11.6 Å². The molecule has 0 amide bonds. The van der Waals surface area contributed by atoms with E-state index in [2.05, 4.69) is 31.1 Å². The van der Waals surface area contributed by atoms with Gasteiger partial charge in [-0.05, 0) is 23.6 Å². The van der Waals surface area contributed by atoms with Gasteiger partial charge >= 0.3 is 0 Å². The minimum atomic E-state index is -1.56. The van der Waals surface area contributed by atoms with Gasteiger partial charge in [-0.25, -0.2) is 0 Å². The number of Topliss-reactive ketones (excluding diaryl/α,β-unsaturated/α-hetero) is 1. The van der Waals surface area contributed by atoms with Crippen molar-refractivity contribution in [2.24, 2.45) is 0 Å². The smallest absolute Gasteiger partial charge is 0.252 e. The number of carbonyl (C=O) groups excluding carboxylic acids is 2. The number of halogens is 1. The molecule has 1 aromatic rings. The standard InChI is InChI=1S/C13H13ClO2Si/c1-17(2,3)8-7-12(15)10-5-4-6-11(9-10)13(14)16/h4-6,9H,1-3H3. The molecule has 0 radical (unpaired) electrons. The summed E-state index contributed by atoms with van der Waals surface area (Å²) >= 11 is 5.35. The first-order valence-corrected chi connectivity index (χ1v) is 9.05. The Bertz CT molecular complexity index is 518. The van der Waals surface area contributed by atoms with E-state index in [0.717, 1.165) is 0 Å². The van der Waals surface area contributed by atoms with Crippen LogP contribution in [0, 0.1) is 11.5 Å².